The largest absolute Gasteiger partial charge is 0.330 e. The van der Waals surface area contributed by atoms with E-state index in [0.29, 0.717) is 23.4 Å². The van der Waals surface area contributed by atoms with E-state index in [2.05, 4.69) is 5.32 Å². The second kappa shape index (κ2) is 5.68. The molecule has 0 saturated heterocycles. The van der Waals surface area contributed by atoms with E-state index in [1.807, 2.05) is 13.8 Å². The van der Waals surface area contributed by atoms with E-state index in [1.165, 1.54) is 11.0 Å². The molecule has 0 aromatic heterocycles. The minimum atomic E-state index is -0.739. The van der Waals surface area contributed by atoms with Crippen LogP contribution in [-0.2, 0) is 4.79 Å². The van der Waals surface area contributed by atoms with E-state index >= 15 is 0 Å². The molecule has 2 heterocycles. The fourth-order valence-corrected chi connectivity index (χ4v) is 3.11. The van der Waals surface area contributed by atoms with Crippen molar-refractivity contribution in [1.82, 2.24) is 15.1 Å². The molecular weight excluding hydrogens is 297 g/mol. The van der Waals surface area contributed by atoms with E-state index in [4.69, 9.17) is 0 Å². The number of amides is 3. The first kappa shape index (κ1) is 15.5. The van der Waals surface area contributed by atoms with Crippen LogP contribution in [0.2, 0.25) is 0 Å². The summed E-state index contributed by atoms with van der Waals surface area (Å²) in [7, 11) is 1.63. The highest BCUT2D eigenvalue weighted by atomic mass is 19.1. The van der Waals surface area contributed by atoms with E-state index < -0.39 is 11.9 Å². The molecule has 0 bridgehead atoms. The molecule has 0 radical (unpaired) electrons. The lowest BCUT2D eigenvalue weighted by atomic mass is 9.95. The first-order valence-electron chi connectivity index (χ1n) is 7.78. The Kier molecular flexibility index (Phi) is 3.83. The molecule has 0 unspecified atom stereocenters. The molecule has 2 atom stereocenters. The Morgan fingerprint density at radius 1 is 1.35 bits per heavy atom. The Labute approximate surface area is 134 Å². The predicted molar refractivity (Wildman–Crippen MR) is 83.9 cm³/mol. The number of nitrogens with one attached hydrogen (secondary N) is 1. The summed E-state index contributed by atoms with van der Waals surface area (Å²) >= 11 is 0. The van der Waals surface area contributed by atoms with Gasteiger partial charge in [-0.15, -0.1) is 0 Å². The average molecular weight is 317 g/mol. The predicted octanol–water partition coefficient (Wildman–Crippen LogP) is 2.42. The third-order valence-corrected chi connectivity index (χ3v) is 4.73. The first-order chi connectivity index (χ1) is 11.0. The highest BCUT2D eigenvalue weighted by molar-refractivity contribution is 6.01. The van der Waals surface area contributed by atoms with Crippen LogP contribution >= 0.6 is 0 Å². The number of nitrogens with zero attached hydrogens (tertiary/aromatic N) is 2. The maximum atomic E-state index is 14.2. The van der Waals surface area contributed by atoms with Crippen molar-refractivity contribution in [2.75, 3.05) is 13.6 Å². The summed E-state index contributed by atoms with van der Waals surface area (Å²) in [6.07, 6.45) is 0.821. The maximum Gasteiger partial charge on any atom is 0.322 e. The monoisotopic (exact) mass is 317 g/mol. The second-order valence-corrected chi connectivity index (χ2v) is 6.01. The van der Waals surface area contributed by atoms with Crippen LogP contribution in [0.15, 0.2) is 35.5 Å². The van der Waals surface area contributed by atoms with Crippen LogP contribution < -0.4 is 5.32 Å². The second-order valence-electron chi connectivity index (χ2n) is 6.01. The van der Waals surface area contributed by atoms with E-state index in [9.17, 15) is 14.0 Å². The van der Waals surface area contributed by atoms with Gasteiger partial charge < -0.3 is 10.2 Å². The minimum absolute atomic E-state index is 0.0675. The third kappa shape index (κ3) is 2.38. The Morgan fingerprint density at radius 2 is 2.04 bits per heavy atom. The van der Waals surface area contributed by atoms with Gasteiger partial charge >= 0.3 is 6.03 Å². The van der Waals surface area contributed by atoms with Crippen molar-refractivity contribution in [3.63, 3.8) is 0 Å². The van der Waals surface area contributed by atoms with Crippen LogP contribution in [0.25, 0.3) is 0 Å². The summed E-state index contributed by atoms with van der Waals surface area (Å²) in [5.74, 6) is -0.557. The van der Waals surface area contributed by atoms with Gasteiger partial charge in [-0.25, -0.2) is 9.18 Å². The molecule has 0 saturated carbocycles. The van der Waals surface area contributed by atoms with Gasteiger partial charge in [-0.2, -0.15) is 0 Å². The van der Waals surface area contributed by atoms with Crippen molar-refractivity contribution in [2.45, 2.75) is 32.4 Å². The minimum Gasteiger partial charge on any atom is -0.330 e. The number of hydrogen-bond acceptors (Lipinski definition) is 2. The Bertz CT molecular complexity index is 701. The highest BCUT2D eigenvalue weighted by Crippen LogP contribution is 2.37. The number of carbonyl (C=O) groups excluding carboxylic acids is 2. The number of rotatable bonds is 3. The summed E-state index contributed by atoms with van der Waals surface area (Å²) in [5.41, 5.74) is 1.45. The van der Waals surface area contributed by atoms with Crippen LogP contribution in [0, 0.1) is 5.82 Å². The number of carbonyl (C=O) groups is 2. The van der Waals surface area contributed by atoms with E-state index in [1.54, 1.807) is 30.1 Å². The first-order valence-corrected chi connectivity index (χ1v) is 7.78. The molecule has 6 heteroatoms. The standard InChI is InChI=1S/C17H20FN3O2/c1-4-10(2)21-9-13-14(16(21)22)15(19-17(23)20(13)3)11-7-5-6-8-12(11)18/h5-8,10,15H,4,9H2,1-3H3,(H,19,23)/t10-,15-/m1/s1. The van der Waals surface area contributed by atoms with Crippen LogP contribution in [0.5, 0.6) is 0 Å². The zero-order valence-corrected chi connectivity index (χ0v) is 13.5. The molecule has 2 aliphatic rings. The summed E-state index contributed by atoms with van der Waals surface area (Å²) in [6.45, 7) is 4.37. The Morgan fingerprint density at radius 3 is 2.70 bits per heavy atom. The van der Waals surface area contributed by atoms with Gasteiger partial charge in [-0.05, 0) is 19.4 Å². The van der Waals surface area contributed by atoms with Crippen LogP contribution in [0.4, 0.5) is 9.18 Å². The molecule has 122 valence electrons. The van der Waals surface area contributed by atoms with Gasteiger partial charge in [0.25, 0.3) is 5.91 Å². The molecule has 3 rings (SSSR count). The van der Waals surface area contributed by atoms with Crippen molar-refractivity contribution in [3.8, 4) is 0 Å². The van der Waals surface area contributed by atoms with Gasteiger partial charge in [0, 0.05) is 18.7 Å². The zero-order chi connectivity index (χ0) is 16.7. The molecule has 1 N–H and O–H groups in total. The zero-order valence-electron chi connectivity index (χ0n) is 13.5. The van der Waals surface area contributed by atoms with E-state index in [0.717, 1.165) is 6.42 Å². The van der Waals surface area contributed by atoms with Crippen molar-refractivity contribution >= 4 is 11.9 Å². The summed E-state index contributed by atoms with van der Waals surface area (Å²) in [4.78, 5) is 28.3. The Balaban J connectivity index is 2.07. The lowest BCUT2D eigenvalue weighted by Gasteiger charge is -2.31. The van der Waals surface area contributed by atoms with Gasteiger partial charge in [0.2, 0.25) is 0 Å². The number of halogens is 1. The van der Waals surface area contributed by atoms with Crippen LogP contribution in [-0.4, -0.2) is 41.4 Å². The summed E-state index contributed by atoms with van der Waals surface area (Å²) < 4.78 is 14.2. The normalized spacial score (nSPS) is 22.3. The average Bonchev–Trinajstić information content (AvgIpc) is 2.89. The molecule has 1 aromatic rings. The molecule has 2 aliphatic heterocycles. The fraction of sp³-hybridized carbons (Fsp3) is 0.412. The summed E-state index contributed by atoms with van der Waals surface area (Å²) in [6, 6.07) is 5.24. The highest BCUT2D eigenvalue weighted by Gasteiger charge is 2.44. The molecule has 3 amide bonds. The van der Waals surface area contributed by atoms with Crippen molar-refractivity contribution in [2.24, 2.45) is 0 Å². The molecule has 0 spiro atoms. The lowest BCUT2D eigenvalue weighted by Crippen LogP contribution is -2.45. The fourth-order valence-electron chi connectivity index (χ4n) is 3.11. The summed E-state index contributed by atoms with van der Waals surface area (Å²) in [5, 5.41) is 2.74. The third-order valence-electron chi connectivity index (χ3n) is 4.73. The number of urea groups is 1. The van der Waals surface area contributed by atoms with Crippen LogP contribution in [0.3, 0.4) is 0 Å². The van der Waals surface area contributed by atoms with Crippen molar-refractivity contribution in [3.05, 3.63) is 46.9 Å². The van der Waals surface area contributed by atoms with Crippen molar-refractivity contribution in [1.29, 1.82) is 0 Å². The van der Waals surface area contributed by atoms with Crippen LogP contribution in [0.1, 0.15) is 31.9 Å². The maximum absolute atomic E-state index is 14.2. The number of benzene rings is 1. The number of hydrogen-bond donors (Lipinski definition) is 1. The lowest BCUT2D eigenvalue weighted by molar-refractivity contribution is -0.127. The quantitative estimate of drug-likeness (QED) is 0.931. The molecular formula is C17H20FN3O2. The van der Waals surface area contributed by atoms with Gasteiger partial charge in [0.05, 0.1) is 23.9 Å². The molecule has 0 fully saturated rings. The van der Waals surface area contributed by atoms with Gasteiger partial charge in [-0.3, -0.25) is 9.69 Å². The number of likely N-dealkylation sites (N-methyl/N-ethyl adjacent to an activating group) is 1. The van der Waals surface area contributed by atoms with E-state index in [-0.39, 0.29) is 18.0 Å². The smallest absolute Gasteiger partial charge is 0.322 e. The SMILES string of the molecule is CC[C@@H](C)N1CC2=C(C1=O)[C@@H](c1ccccc1F)NC(=O)N2C. The van der Waals surface area contributed by atoms with Gasteiger partial charge in [0.1, 0.15) is 5.82 Å². The van der Waals surface area contributed by atoms with Gasteiger partial charge in [0.15, 0.2) is 0 Å². The molecule has 1 aromatic carbocycles. The van der Waals surface area contributed by atoms with Gasteiger partial charge in [-0.1, -0.05) is 25.1 Å². The topological polar surface area (TPSA) is 52.7 Å². The Hall–Kier alpha value is -2.37. The molecule has 23 heavy (non-hydrogen) atoms. The molecule has 0 aliphatic carbocycles. The van der Waals surface area contributed by atoms with Crippen molar-refractivity contribution < 1.29 is 14.0 Å². The molecule has 5 nitrogen and oxygen atoms in total.